The molecule has 0 fully saturated rings. The number of nitrogens with one attached hydrogen (secondary N) is 1. The molecule has 130 valence electrons. The van der Waals surface area contributed by atoms with Gasteiger partial charge in [0.05, 0.1) is 23.1 Å². The first-order valence-electron chi connectivity index (χ1n) is 7.79. The van der Waals surface area contributed by atoms with Crippen molar-refractivity contribution in [3.8, 4) is 17.1 Å². The predicted molar refractivity (Wildman–Crippen MR) is 84.0 cm³/mol. The average molecular weight is 348 g/mol. The van der Waals surface area contributed by atoms with Crippen molar-refractivity contribution in [1.29, 1.82) is 0 Å². The summed E-state index contributed by atoms with van der Waals surface area (Å²) in [5, 5.41) is 16.0. The lowest BCUT2D eigenvalue weighted by atomic mass is 10.1. The van der Waals surface area contributed by atoms with Gasteiger partial charge in [0.15, 0.2) is 0 Å². The van der Waals surface area contributed by atoms with Crippen molar-refractivity contribution >= 4 is 0 Å². The summed E-state index contributed by atoms with van der Waals surface area (Å²) in [6.07, 6.45) is -1.84. The van der Waals surface area contributed by atoms with Gasteiger partial charge in [0, 0.05) is 32.1 Å². The number of hydrogen-bond acceptors (Lipinski definition) is 4. The minimum absolute atomic E-state index is 0.598. The van der Waals surface area contributed by atoms with Gasteiger partial charge in [-0.05, 0) is 24.3 Å². The van der Waals surface area contributed by atoms with E-state index in [4.69, 9.17) is 0 Å². The summed E-state index contributed by atoms with van der Waals surface area (Å²) in [5.74, 6) is 0. The Morgan fingerprint density at radius 2 is 1.92 bits per heavy atom. The van der Waals surface area contributed by atoms with Crippen LogP contribution in [0.15, 0.2) is 30.5 Å². The van der Waals surface area contributed by atoms with E-state index >= 15 is 0 Å². The summed E-state index contributed by atoms with van der Waals surface area (Å²) < 4.78 is 41.6. The predicted octanol–water partition coefficient (Wildman–Crippen LogP) is 2.33. The summed E-state index contributed by atoms with van der Waals surface area (Å²) in [7, 11) is 1.77. The quantitative estimate of drug-likeness (QED) is 0.772. The van der Waals surface area contributed by atoms with E-state index in [0.29, 0.717) is 23.6 Å². The zero-order valence-electron chi connectivity index (χ0n) is 13.4. The van der Waals surface area contributed by atoms with Crippen molar-refractivity contribution < 1.29 is 13.2 Å². The number of halogens is 3. The molecule has 0 amide bonds. The first-order valence-corrected chi connectivity index (χ1v) is 7.79. The Morgan fingerprint density at radius 3 is 2.56 bits per heavy atom. The molecule has 0 unspecified atom stereocenters. The molecule has 2 aromatic heterocycles. The molecule has 9 heteroatoms. The fraction of sp³-hybridized carbons (Fsp3) is 0.312. The van der Waals surface area contributed by atoms with Crippen molar-refractivity contribution in [3.63, 3.8) is 0 Å². The Kier molecular flexibility index (Phi) is 3.60. The Bertz CT molecular complexity index is 907. The van der Waals surface area contributed by atoms with Crippen LogP contribution < -0.4 is 5.32 Å². The molecule has 1 N–H and O–H groups in total. The van der Waals surface area contributed by atoms with E-state index in [1.165, 1.54) is 12.1 Å². The van der Waals surface area contributed by atoms with Crippen LogP contribution >= 0.6 is 0 Å². The molecule has 0 aliphatic carbocycles. The normalized spacial score (nSPS) is 14.6. The van der Waals surface area contributed by atoms with Crippen LogP contribution in [0, 0.1) is 0 Å². The van der Waals surface area contributed by atoms with Gasteiger partial charge < -0.3 is 5.32 Å². The van der Waals surface area contributed by atoms with Gasteiger partial charge in [-0.1, -0.05) is 5.21 Å². The van der Waals surface area contributed by atoms with Gasteiger partial charge >= 0.3 is 6.18 Å². The minimum atomic E-state index is -4.35. The van der Waals surface area contributed by atoms with Crippen LogP contribution in [0.2, 0.25) is 0 Å². The van der Waals surface area contributed by atoms with Gasteiger partial charge in [-0.3, -0.25) is 4.68 Å². The van der Waals surface area contributed by atoms with Gasteiger partial charge in [-0.15, -0.1) is 5.10 Å². The maximum atomic E-state index is 12.8. The molecule has 3 heterocycles. The Balaban J connectivity index is 1.81. The lowest BCUT2D eigenvalue weighted by molar-refractivity contribution is -0.137. The summed E-state index contributed by atoms with van der Waals surface area (Å²) in [6, 6.07) is 5.04. The lowest BCUT2D eigenvalue weighted by Crippen LogP contribution is -2.24. The molecule has 0 radical (unpaired) electrons. The van der Waals surface area contributed by atoms with Crippen LogP contribution in [-0.2, 0) is 26.2 Å². The third-order valence-electron chi connectivity index (χ3n) is 4.21. The second-order valence-corrected chi connectivity index (χ2v) is 5.93. The molecule has 1 aliphatic heterocycles. The van der Waals surface area contributed by atoms with Crippen molar-refractivity contribution in [2.24, 2.45) is 7.05 Å². The standard InChI is InChI=1S/C16H15F3N6/c1-24-9-13(21-23-24)15-12-8-20-7-6-14(12)25(22-15)11-4-2-10(3-5-11)16(17,18)19/h2-5,9,20H,6-8H2,1H3. The zero-order chi connectivity index (χ0) is 17.6. The molecule has 0 spiro atoms. The second kappa shape index (κ2) is 5.69. The highest BCUT2D eigenvalue weighted by molar-refractivity contribution is 5.61. The van der Waals surface area contributed by atoms with Gasteiger partial charge in [0.25, 0.3) is 0 Å². The lowest BCUT2D eigenvalue weighted by Gasteiger charge is -2.16. The molecule has 0 saturated heterocycles. The van der Waals surface area contributed by atoms with Gasteiger partial charge in [0.1, 0.15) is 11.4 Å². The number of fused-ring (bicyclic) bond motifs is 1. The average Bonchev–Trinajstić information content (AvgIpc) is 3.18. The van der Waals surface area contributed by atoms with E-state index in [1.807, 2.05) is 0 Å². The fourth-order valence-electron chi connectivity index (χ4n) is 3.01. The van der Waals surface area contributed by atoms with Gasteiger partial charge in [-0.25, -0.2) is 4.68 Å². The molecular formula is C16H15F3N6. The summed E-state index contributed by atoms with van der Waals surface area (Å²) >= 11 is 0. The van der Waals surface area contributed by atoms with Crippen LogP contribution in [0.5, 0.6) is 0 Å². The molecule has 4 rings (SSSR count). The maximum Gasteiger partial charge on any atom is 0.416 e. The summed E-state index contributed by atoms with van der Waals surface area (Å²) in [4.78, 5) is 0. The molecule has 0 bridgehead atoms. The summed E-state index contributed by atoms with van der Waals surface area (Å²) in [5.41, 5.74) is 3.27. The molecule has 3 aromatic rings. The van der Waals surface area contributed by atoms with Crippen LogP contribution in [0.4, 0.5) is 13.2 Å². The van der Waals surface area contributed by atoms with Crippen LogP contribution in [0.1, 0.15) is 16.8 Å². The highest BCUT2D eigenvalue weighted by Gasteiger charge is 2.30. The smallest absolute Gasteiger partial charge is 0.312 e. The van der Waals surface area contributed by atoms with E-state index < -0.39 is 11.7 Å². The van der Waals surface area contributed by atoms with Crippen molar-refractivity contribution in [1.82, 2.24) is 30.1 Å². The zero-order valence-corrected chi connectivity index (χ0v) is 13.4. The van der Waals surface area contributed by atoms with Crippen molar-refractivity contribution in [2.75, 3.05) is 6.54 Å². The molecule has 1 aromatic carbocycles. The molecule has 1 aliphatic rings. The first-order chi connectivity index (χ1) is 11.9. The largest absolute Gasteiger partial charge is 0.416 e. The second-order valence-electron chi connectivity index (χ2n) is 5.93. The number of alkyl halides is 3. The third kappa shape index (κ3) is 2.80. The number of aryl methyl sites for hydroxylation is 1. The summed E-state index contributed by atoms with van der Waals surface area (Å²) in [6.45, 7) is 1.43. The fourth-order valence-corrected chi connectivity index (χ4v) is 3.01. The highest BCUT2D eigenvalue weighted by Crippen LogP contribution is 2.31. The van der Waals surface area contributed by atoms with Gasteiger partial charge in [0.2, 0.25) is 0 Å². The Hall–Kier alpha value is -2.68. The minimum Gasteiger partial charge on any atom is -0.312 e. The number of hydrogen-bond donors (Lipinski definition) is 1. The Labute approximate surface area is 141 Å². The van der Waals surface area contributed by atoms with E-state index in [-0.39, 0.29) is 0 Å². The van der Waals surface area contributed by atoms with Crippen LogP contribution in [0.25, 0.3) is 17.1 Å². The highest BCUT2D eigenvalue weighted by atomic mass is 19.4. The van der Waals surface area contributed by atoms with Crippen LogP contribution in [0.3, 0.4) is 0 Å². The van der Waals surface area contributed by atoms with Crippen molar-refractivity contribution in [3.05, 3.63) is 47.3 Å². The molecule has 0 saturated carbocycles. The third-order valence-corrected chi connectivity index (χ3v) is 4.21. The first kappa shape index (κ1) is 15.8. The van der Waals surface area contributed by atoms with Crippen molar-refractivity contribution in [2.45, 2.75) is 19.1 Å². The number of rotatable bonds is 2. The maximum absolute atomic E-state index is 12.8. The van der Waals surface area contributed by atoms with E-state index in [9.17, 15) is 13.2 Å². The Morgan fingerprint density at radius 1 is 1.16 bits per heavy atom. The monoisotopic (exact) mass is 348 g/mol. The molecule has 6 nitrogen and oxygen atoms in total. The number of benzene rings is 1. The molecule has 0 atom stereocenters. The topological polar surface area (TPSA) is 60.6 Å². The van der Waals surface area contributed by atoms with E-state index in [2.05, 4.69) is 20.7 Å². The van der Waals surface area contributed by atoms with Gasteiger partial charge in [-0.2, -0.15) is 18.3 Å². The van der Waals surface area contributed by atoms with E-state index in [1.54, 1.807) is 22.6 Å². The molecule has 25 heavy (non-hydrogen) atoms. The van der Waals surface area contributed by atoms with E-state index in [0.717, 1.165) is 36.4 Å². The molecular weight excluding hydrogens is 333 g/mol. The van der Waals surface area contributed by atoms with Crippen LogP contribution in [-0.4, -0.2) is 31.3 Å². The SMILES string of the molecule is Cn1cc(-c2nn(-c3ccc(C(F)(F)F)cc3)c3c2CNCC3)nn1. The number of nitrogens with zero attached hydrogens (tertiary/aromatic N) is 5. The number of aromatic nitrogens is 5.